The summed E-state index contributed by atoms with van der Waals surface area (Å²) in [6.45, 7) is 14.2. The molecule has 17 nitrogen and oxygen atoms in total. The second-order valence-corrected chi connectivity index (χ2v) is 32.2. The minimum absolute atomic E-state index is 0.105. The summed E-state index contributed by atoms with van der Waals surface area (Å²) < 4.78 is 68.5. The van der Waals surface area contributed by atoms with E-state index in [1.807, 2.05) is 0 Å². The molecule has 0 bridgehead atoms. The predicted molar refractivity (Wildman–Crippen MR) is 395 cm³/mol. The van der Waals surface area contributed by atoms with E-state index < -0.39 is 97.5 Å². The fourth-order valence-electron chi connectivity index (χ4n) is 11.8. The third kappa shape index (κ3) is 68.3. The first-order valence-corrected chi connectivity index (χ1v) is 43.3. The quantitative estimate of drug-likeness (QED) is 0.0222. The molecule has 576 valence electrons. The maximum Gasteiger partial charge on any atom is 0.472 e. The summed E-state index contributed by atoms with van der Waals surface area (Å²) in [6, 6.07) is 0. The average Bonchev–Trinajstić information content (AvgIpc) is 1.19. The maximum absolute atomic E-state index is 13.1. The third-order valence-electron chi connectivity index (χ3n) is 19.2. The highest BCUT2D eigenvalue weighted by Crippen LogP contribution is 2.45. The summed E-state index contributed by atoms with van der Waals surface area (Å²) in [4.78, 5) is 72.8. The Labute approximate surface area is 594 Å². The standard InChI is InChI=1S/C78H152O17P2/c1-9-69(6)55-47-39-30-24-20-18-16-14-12-13-15-17-19-21-26-34-44-52-60-77(82)94-73(64-88-75(80)58-50-42-33-29-28-32-41-49-57-71(8)11-3)66-92-96(84,85)90-62-72(79)63-91-97(86,87)93-67-74(65-89-76(81)59-51-43-37-36-38-46-54-68(4)5)95-78(83)61-53-45-35-27-23-22-25-31-40-48-56-70(7)10-2/h68-74,79H,9-67H2,1-8H3,(H,84,85)(H,86,87)/t69?,70?,71?,72-,73-,74-/m1/s1. The zero-order valence-corrected chi connectivity index (χ0v) is 65.5. The number of phosphoric acid groups is 2. The number of unbranched alkanes of at least 4 members (excludes halogenated alkanes) is 38. The van der Waals surface area contributed by atoms with Crippen LogP contribution in [0, 0.1) is 23.7 Å². The van der Waals surface area contributed by atoms with Crippen LogP contribution >= 0.6 is 15.6 Å². The lowest BCUT2D eigenvalue weighted by molar-refractivity contribution is -0.161. The number of hydrogen-bond donors (Lipinski definition) is 3. The molecule has 5 unspecified atom stereocenters. The lowest BCUT2D eigenvalue weighted by Gasteiger charge is -2.21. The third-order valence-corrected chi connectivity index (χ3v) is 21.1. The number of carbonyl (C=O) groups is 4. The van der Waals surface area contributed by atoms with Crippen molar-refractivity contribution in [1.29, 1.82) is 0 Å². The molecule has 0 aromatic heterocycles. The molecule has 19 heteroatoms. The van der Waals surface area contributed by atoms with Crippen LogP contribution in [0.1, 0.15) is 396 Å². The van der Waals surface area contributed by atoms with Crippen molar-refractivity contribution in [3.63, 3.8) is 0 Å². The number of aliphatic hydroxyl groups is 1. The van der Waals surface area contributed by atoms with Gasteiger partial charge in [0.05, 0.1) is 26.4 Å². The molecule has 0 aliphatic heterocycles. The molecule has 0 heterocycles. The molecule has 0 aliphatic carbocycles. The van der Waals surface area contributed by atoms with E-state index >= 15 is 0 Å². The van der Waals surface area contributed by atoms with Crippen molar-refractivity contribution in [1.82, 2.24) is 0 Å². The molecule has 8 atom stereocenters. The van der Waals surface area contributed by atoms with Gasteiger partial charge in [-0.1, -0.05) is 344 Å². The van der Waals surface area contributed by atoms with Gasteiger partial charge in [-0.15, -0.1) is 0 Å². The Morgan fingerprint density at radius 2 is 0.495 bits per heavy atom. The predicted octanol–water partition coefficient (Wildman–Crippen LogP) is 22.8. The molecule has 0 radical (unpaired) electrons. The largest absolute Gasteiger partial charge is 0.472 e. The van der Waals surface area contributed by atoms with E-state index in [1.165, 1.54) is 193 Å². The summed E-state index contributed by atoms with van der Waals surface area (Å²) in [7, 11) is -9.91. The molecule has 0 aromatic rings. The van der Waals surface area contributed by atoms with Gasteiger partial charge in [0.1, 0.15) is 19.3 Å². The van der Waals surface area contributed by atoms with Crippen molar-refractivity contribution in [3.05, 3.63) is 0 Å². The summed E-state index contributed by atoms with van der Waals surface area (Å²) in [5.41, 5.74) is 0. The van der Waals surface area contributed by atoms with E-state index in [2.05, 4.69) is 55.4 Å². The van der Waals surface area contributed by atoms with Crippen LogP contribution in [0.5, 0.6) is 0 Å². The van der Waals surface area contributed by atoms with E-state index in [4.69, 9.17) is 37.0 Å². The van der Waals surface area contributed by atoms with E-state index in [-0.39, 0.29) is 25.7 Å². The van der Waals surface area contributed by atoms with Crippen LogP contribution in [0.2, 0.25) is 0 Å². The molecule has 0 aromatic carbocycles. The Hall–Kier alpha value is -1.94. The van der Waals surface area contributed by atoms with Crippen molar-refractivity contribution in [3.8, 4) is 0 Å². The highest BCUT2D eigenvalue weighted by Gasteiger charge is 2.30. The number of ether oxygens (including phenoxy) is 4. The van der Waals surface area contributed by atoms with Crippen LogP contribution < -0.4 is 0 Å². The van der Waals surface area contributed by atoms with Crippen LogP contribution in [0.15, 0.2) is 0 Å². The number of hydrogen-bond acceptors (Lipinski definition) is 15. The van der Waals surface area contributed by atoms with Gasteiger partial charge in [-0.25, -0.2) is 9.13 Å². The molecule has 0 aliphatic rings. The Bertz CT molecular complexity index is 1910. The molecule has 0 amide bonds. The lowest BCUT2D eigenvalue weighted by Crippen LogP contribution is -2.30. The fraction of sp³-hybridized carbons (Fsp3) is 0.949. The van der Waals surface area contributed by atoms with Gasteiger partial charge in [0.15, 0.2) is 12.2 Å². The van der Waals surface area contributed by atoms with Gasteiger partial charge in [-0.3, -0.25) is 37.3 Å². The number of rotatable bonds is 75. The van der Waals surface area contributed by atoms with Crippen LogP contribution in [0.4, 0.5) is 0 Å². The SMILES string of the molecule is CCC(C)CCCCCCCCCCCCCCCCCCCCC(=O)O[C@H](COC(=O)CCCCCCCCCCC(C)CC)COP(=O)(O)OC[C@@H](O)COP(=O)(O)OC[C@@H](COC(=O)CCCCCCCCC(C)C)OC(=O)CCCCCCCCCCCCC(C)CC. The van der Waals surface area contributed by atoms with Gasteiger partial charge in [0, 0.05) is 25.7 Å². The van der Waals surface area contributed by atoms with Crippen molar-refractivity contribution in [2.75, 3.05) is 39.6 Å². The number of carbonyl (C=O) groups excluding carboxylic acids is 4. The van der Waals surface area contributed by atoms with E-state index in [1.54, 1.807) is 0 Å². The average molecular weight is 1420 g/mol. The molecule has 0 saturated heterocycles. The molecule has 3 N–H and O–H groups in total. The van der Waals surface area contributed by atoms with Crippen molar-refractivity contribution in [2.45, 2.75) is 414 Å². The van der Waals surface area contributed by atoms with Crippen LogP contribution in [-0.2, 0) is 65.4 Å². The van der Waals surface area contributed by atoms with Gasteiger partial charge in [-0.05, 0) is 49.4 Å². The summed E-state index contributed by atoms with van der Waals surface area (Å²) >= 11 is 0. The second kappa shape index (κ2) is 67.2. The second-order valence-electron chi connectivity index (χ2n) is 29.3. The zero-order chi connectivity index (χ0) is 71.7. The topological polar surface area (TPSA) is 237 Å². The number of esters is 4. The molecule has 0 fully saturated rings. The Kier molecular flexibility index (Phi) is 65.9. The van der Waals surface area contributed by atoms with E-state index in [0.29, 0.717) is 31.6 Å². The van der Waals surface area contributed by atoms with Crippen LogP contribution in [0.25, 0.3) is 0 Å². The lowest BCUT2D eigenvalue weighted by atomic mass is 9.99. The van der Waals surface area contributed by atoms with E-state index in [9.17, 15) is 43.2 Å². The van der Waals surface area contributed by atoms with Crippen LogP contribution in [0.3, 0.4) is 0 Å². The highest BCUT2D eigenvalue weighted by atomic mass is 31.2. The summed E-state index contributed by atoms with van der Waals surface area (Å²) in [5.74, 6) is 1.01. The summed E-state index contributed by atoms with van der Waals surface area (Å²) in [5, 5.41) is 10.6. The molecule has 0 rings (SSSR count). The van der Waals surface area contributed by atoms with Crippen molar-refractivity contribution in [2.24, 2.45) is 23.7 Å². The van der Waals surface area contributed by atoms with Gasteiger partial charge in [-0.2, -0.15) is 0 Å². The van der Waals surface area contributed by atoms with Crippen molar-refractivity contribution < 1.29 is 80.2 Å². The minimum atomic E-state index is -4.96. The van der Waals surface area contributed by atoms with Crippen LogP contribution in [-0.4, -0.2) is 96.7 Å². The Morgan fingerprint density at radius 1 is 0.289 bits per heavy atom. The molecule has 97 heavy (non-hydrogen) atoms. The molecule has 0 spiro atoms. The number of phosphoric ester groups is 2. The van der Waals surface area contributed by atoms with E-state index in [0.717, 1.165) is 114 Å². The molecular formula is C78H152O17P2. The van der Waals surface area contributed by atoms with Gasteiger partial charge in [0.25, 0.3) is 0 Å². The first-order chi connectivity index (χ1) is 46.7. The maximum atomic E-state index is 13.1. The molecular weight excluding hydrogens is 1270 g/mol. The highest BCUT2D eigenvalue weighted by molar-refractivity contribution is 7.47. The number of aliphatic hydroxyl groups excluding tert-OH is 1. The Balaban J connectivity index is 5.19. The summed E-state index contributed by atoms with van der Waals surface area (Å²) in [6.07, 6.45) is 52.8. The smallest absolute Gasteiger partial charge is 0.462 e. The monoisotopic (exact) mass is 1420 g/mol. The fourth-order valence-corrected chi connectivity index (χ4v) is 13.4. The van der Waals surface area contributed by atoms with Gasteiger partial charge in [0.2, 0.25) is 0 Å². The first kappa shape index (κ1) is 95.1. The molecule has 0 saturated carbocycles. The van der Waals surface area contributed by atoms with Crippen molar-refractivity contribution >= 4 is 39.5 Å². The minimum Gasteiger partial charge on any atom is -0.462 e. The zero-order valence-electron chi connectivity index (χ0n) is 63.7. The normalized spacial score (nSPS) is 14.9. The Morgan fingerprint density at radius 3 is 0.732 bits per heavy atom. The van der Waals surface area contributed by atoms with Gasteiger partial charge < -0.3 is 33.8 Å². The van der Waals surface area contributed by atoms with Gasteiger partial charge >= 0.3 is 39.5 Å². The first-order valence-electron chi connectivity index (χ1n) is 40.3.